The molecule has 3 aromatic rings. The first kappa shape index (κ1) is 11.1. The number of hydrogen-bond acceptors (Lipinski definition) is 1. The first-order valence-corrected chi connectivity index (χ1v) is 6.23. The highest BCUT2D eigenvalue weighted by atomic mass is 16.5. The van der Waals surface area contributed by atoms with Crippen LogP contribution in [0.2, 0.25) is 0 Å². The van der Waals surface area contributed by atoms with E-state index in [-0.39, 0.29) is 0 Å². The molecular weight excluding hydrogens is 224 g/mol. The van der Waals surface area contributed by atoms with Crippen LogP contribution in [0.5, 0.6) is 5.75 Å². The van der Waals surface area contributed by atoms with Gasteiger partial charge in [-0.15, -0.1) is 0 Å². The Balaban J connectivity index is 2.54. The van der Waals surface area contributed by atoms with Gasteiger partial charge in [-0.3, -0.25) is 0 Å². The standard InChI is InChI=1S/C15H16N2O/c1-4-17-9-13(18-3)14-11-7-5-6-8-12(11)16-15(14)10(17)2/h5-9H,4H2,1-3H3/p+1. The van der Waals surface area contributed by atoms with Crippen molar-refractivity contribution >= 4 is 21.8 Å². The van der Waals surface area contributed by atoms with Crippen LogP contribution in [-0.2, 0) is 6.54 Å². The van der Waals surface area contributed by atoms with E-state index >= 15 is 0 Å². The number of aromatic nitrogens is 2. The highest BCUT2D eigenvalue weighted by molar-refractivity contribution is 6.10. The molecule has 0 saturated carbocycles. The molecule has 3 nitrogen and oxygen atoms in total. The summed E-state index contributed by atoms with van der Waals surface area (Å²) in [6.07, 6.45) is 2.08. The van der Waals surface area contributed by atoms with Gasteiger partial charge in [-0.1, -0.05) is 18.2 Å². The van der Waals surface area contributed by atoms with Gasteiger partial charge in [0.2, 0.25) is 11.9 Å². The number of H-pyrrole nitrogens is 1. The lowest BCUT2D eigenvalue weighted by atomic mass is 10.1. The number of methoxy groups -OCH3 is 1. The topological polar surface area (TPSA) is 28.9 Å². The van der Waals surface area contributed by atoms with Crippen LogP contribution in [0.1, 0.15) is 12.6 Å². The highest BCUT2D eigenvalue weighted by Crippen LogP contribution is 2.32. The van der Waals surface area contributed by atoms with Crippen molar-refractivity contribution < 1.29 is 9.30 Å². The van der Waals surface area contributed by atoms with Crippen LogP contribution in [0.3, 0.4) is 0 Å². The summed E-state index contributed by atoms with van der Waals surface area (Å²) in [4.78, 5) is 3.49. The monoisotopic (exact) mass is 241 g/mol. The Labute approximate surface area is 106 Å². The fourth-order valence-electron chi connectivity index (χ4n) is 2.60. The summed E-state index contributed by atoms with van der Waals surface area (Å²) in [5.41, 5.74) is 3.56. The van der Waals surface area contributed by atoms with Crippen LogP contribution >= 0.6 is 0 Å². The molecule has 0 aliphatic carbocycles. The molecule has 2 heterocycles. The van der Waals surface area contributed by atoms with Crippen LogP contribution in [0.15, 0.2) is 30.5 Å². The maximum Gasteiger partial charge on any atom is 0.212 e. The molecule has 0 radical (unpaired) electrons. The molecule has 0 aliphatic rings. The van der Waals surface area contributed by atoms with Gasteiger partial charge in [-0.25, -0.2) is 0 Å². The van der Waals surface area contributed by atoms with Crippen molar-refractivity contribution in [3.63, 3.8) is 0 Å². The molecule has 0 aliphatic heterocycles. The molecule has 0 atom stereocenters. The number of rotatable bonds is 2. The Morgan fingerprint density at radius 3 is 2.78 bits per heavy atom. The van der Waals surface area contributed by atoms with E-state index < -0.39 is 0 Å². The van der Waals surface area contributed by atoms with Crippen molar-refractivity contribution in [1.29, 1.82) is 0 Å². The van der Waals surface area contributed by atoms with Crippen molar-refractivity contribution in [2.75, 3.05) is 7.11 Å². The molecule has 0 amide bonds. The largest absolute Gasteiger partial charge is 0.490 e. The van der Waals surface area contributed by atoms with Crippen molar-refractivity contribution in [3.8, 4) is 5.75 Å². The average molecular weight is 241 g/mol. The van der Waals surface area contributed by atoms with E-state index in [1.54, 1.807) is 7.11 Å². The molecule has 0 unspecified atom stereocenters. The molecule has 1 aromatic carbocycles. The second-order valence-corrected chi connectivity index (χ2v) is 4.49. The van der Waals surface area contributed by atoms with Gasteiger partial charge >= 0.3 is 0 Å². The maximum atomic E-state index is 5.55. The van der Waals surface area contributed by atoms with Crippen LogP contribution in [0, 0.1) is 6.92 Å². The fourth-order valence-corrected chi connectivity index (χ4v) is 2.60. The lowest BCUT2D eigenvalue weighted by Crippen LogP contribution is -2.35. The van der Waals surface area contributed by atoms with Crippen molar-refractivity contribution in [2.45, 2.75) is 20.4 Å². The minimum Gasteiger partial charge on any atom is -0.490 e. The molecule has 3 heteroatoms. The Morgan fingerprint density at radius 2 is 2.06 bits per heavy atom. The zero-order valence-electron chi connectivity index (χ0n) is 10.9. The van der Waals surface area contributed by atoms with E-state index in [1.165, 1.54) is 16.5 Å². The lowest BCUT2D eigenvalue weighted by molar-refractivity contribution is -0.698. The minimum atomic E-state index is 0.926. The van der Waals surface area contributed by atoms with Gasteiger partial charge in [0.15, 0.2) is 5.75 Å². The Kier molecular flexibility index (Phi) is 2.47. The summed E-state index contributed by atoms with van der Waals surface area (Å²) in [5.74, 6) is 0.926. The molecule has 92 valence electrons. The van der Waals surface area contributed by atoms with Gasteiger partial charge in [0.1, 0.15) is 12.1 Å². The molecule has 0 bridgehead atoms. The summed E-state index contributed by atoms with van der Waals surface area (Å²) in [7, 11) is 1.73. The smallest absolute Gasteiger partial charge is 0.212 e. The second kappa shape index (κ2) is 4.02. The number of hydrogen-bond donors (Lipinski definition) is 1. The summed E-state index contributed by atoms with van der Waals surface area (Å²) in [6.45, 7) is 5.22. The van der Waals surface area contributed by atoms with Crippen LogP contribution < -0.4 is 9.30 Å². The van der Waals surface area contributed by atoms with E-state index in [0.29, 0.717) is 0 Å². The average Bonchev–Trinajstić information content (AvgIpc) is 2.80. The molecule has 0 spiro atoms. The molecule has 18 heavy (non-hydrogen) atoms. The third-order valence-corrected chi connectivity index (χ3v) is 3.58. The number of nitrogens with zero attached hydrogens (tertiary/aromatic N) is 1. The first-order chi connectivity index (χ1) is 8.76. The molecule has 2 aromatic heterocycles. The molecule has 0 fully saturated rings. The predicted octanol–water partition coefficient (Wildman–Crippen LogP) is 2.95. The normalized spacial score (nSPS) is 11.3. The van der Waals surface area contributed by atoms with Crippen molar-refractivity contribution in [1.82, 2.24) is 4.98 Å². The summed E-state index contributed by atoms with van der Waals surface area (Å²) >= 11 is 0. The second-order valence-electron chi connectivity index (χ2n) is 4.49. The minimum absolute atomic E-state index is 0.926. The quantitative estimate of drug-likeness (QED) is 0.687. The van der Waals surface area contributed by atoms with Crippen LogP contribution in [-0.4, -0.2) is 12.1 Å². The van der Waals surface area contributed by atoms with Crippen molar-refractivity contribution in [2.24, 2.45) is 0 Å². The summed E-state index contributed by atoms with van der Waals surface area (Å²) in [5, 5.41) is 2.39. The third kappa shape index (κ3) is 1.40. The van der Waals surface area contributed by atoms with E-state index in [1.807, 2.05) is 6.07 Å². The number of benzene rings is 1. The van der Waals surface area contributed by atoms with Gasteiger partial charge in [-0.05, 0) is 13.0 Å². The van der Waals surface area contributed by atoms with E-state index in [2.05, 4.69) is 47.8 Å². The Bertz CT molecular complexity index is 728. The Morgan fingerprint density at radius 1 is 1.28 bits per heavy atom. The fraction of sp³-hybridized carbons (Fsp3) is 0.267. The Hall–Kier alpha value is -2.03. The molecule has 0 saturated heterocycles. The van der Waals surface area contributed by atoms with Gasteiger partial charge < -0.3 is 9.72 Å². The number of aromatic amines is 1. The molecular formula is C15H17N2O+. The van der Waals surface area contributed by atoms with Gasteiger partial charge in [0, 0.05) is 17.8 Å². The van der Waals surface area contributed by atoms with Crippen LogP contribution in [0.25, 0.3) is 21.8 Å². The number of pyridine rings is 1. The number of fused-ring (bicyclic) bond motifs is 3. The first-order valence-electron chi connectivity index (χ1n) is 6.23. The van der Waals surface area contributed by atoms with Crippen LogP contribution in [0.4, 0.5) is 0 Å². The number of nitrogens with one attached hydrogen (secondary N) is 1. The number of para-hydroxylation sites is 1. The highest BCUT2D eigenvalue weighted by Gasteiger charge is 2.19. The zero-order valence-corrected chi connectivity index (χ0v) is 10.9. The summed E-state index contributed by atoms with van der Waals surface area (Å²) < 4.78 is 7.76. The van der Waals surface area contributed by atoms with E-state index in [4.69, 9.17) is 4.74 Å². The predicted molar refractivity (Wildman–Crippen MR) is 73.0 cm³/mol. The van der Waals surface area contributed by atoms with Gasteiger partial charge in [0.25, 0.3) is 0 Å². The SMILES string of the molecule is CC[n+]1cc(OC)c2c([nH]c3ccccc32)c1C. The molecule has 3 rings (SSSR count). The van der Waals surface area contributed by atoms with E-state index in [9.17, 15) is 0 Å². The van der Waals surface area contributed by atoms with Gasteiger partial charge in [0.05, 0.1) is 12.5 Å². The number of ether oxygens (including phenoxy) is 1. The zero-order chi connectivity index (χ0) is 12.7. The van der Waals surface area contributed by atoms with Gasteiger partial charge in [-0.2, -0.15) is 4.57 Å². The summed E-state index contributed by atoms with van der Waals surface area (Å²) in [6, 6.07) is 8.34. The lowest BCUT2D eigenvalue weighted by Gasteiger charge is -2.04. The number of aryl methyl sites for hydroxylation is 2. The van der Waals surface area contributed by atoms with E-state index in [0.717, 1.165) is 23.3 Å². The maximum absolute atomic E-state index is 5.55. The third-order valence-electron chi connectivity index (χ3n) is 3.58. The molecule has 1 N–H and O–H groups in total. The van der Waals surface area contributed by atoms with Crippen molar-refractivity contribution in [3.05, 3.63) is 36.2 Å².